The van der Waals surface area contributed by atoms with Gasteiger partial charge >= 0.3 is 0 Å². The van der Waals surface area contributed by atoms with E-state index >= 15 is 0 Å². The molecule has 3 aromatic rings. The number of sulfone groups is 1. The molecule has 4 N–H and O–H groups in total. The summed E-state index contributed by atoms with van der Waals surface area (Å²) in [5, 5.41) is 4.16. The van der Waals surface area contributed by atoms with Crippen LogP contribution in [0.25, 0.3) is 5.65 Å². The van der Waals surface area contributed by atoms with Gasteiger partial charge in [0.1, 0.15) is 0 Å². The van der Waals surface area contributed by atoms with Crippen LogP contribution < -0.4 is 11.5 Å². The maximum Gasteiger partial charge on any atom is 0.214 e. The van der Waals surface area contributed by atoms with Gasteiger partial charge in [0.25, 0.3) is 0 Å². The Bertz CT molecular complexity index is 964. The van der Waals surface area contributed by atoms with Gasteiger partial charge in [-0.15, -0.1) is 5.10 Å². The van der Waals surface area contributed by atoms with Crippen LogP contribution in [0.5, 0.6) is 0 Å². The SMILES string of the molecule is Cc1cc(CCN)n2nc(N)c(S(=O)(=O)c3ccccc3)c2n1. The van der Waals surface area contributed by atoms with E-state index in [1.54, 1.807) is 25.1 Å². The quantitative estimate of drug-likeness (QED) is 0.735. The van der Waals surface area contributed by atoms with Gasteiger partial charge in [-0.1, -0.05) is 18.2 Å². The first kappa shape index (κ1) is 15.4. The lowest BCUT2D eigenvalue weighted by atomic mass is 10.2. The number of fused-ring (bicyclic) bond motifs is 1. The maximum absolute atomic E-state index is 12.9. The molecule has 23 heavy (non-hydrogen) atoms. The van der Waals surface area contributed by atoms with E-state index < -0.39 is 9.84 Å². The fraction of sp³-hybridized carbons (Fsp3) is 0.200. The Morgan fingerprint density at radius 2 is 1.91 bits per heavy atom. The van der Waals surface area contributed by atoms with Gasteiger partial charge in [-0.05, 0) is 31.7 Å². The van der Waals surface area contributed by atoms with Crippen molar-refractivity contribution in [1.82, 2.24) is 14.6 Å². The van der Waals surface area contributed by atoms with Crippen LogP contribution in [-0.4, -0.2) is 29.6 Å². The summed E-state index contributed by atoms with van der Waals surface area (Å²) in [6.07, 6.45) is 0.547. The molecule has 120 valence electrons. The Kier molecular flexibility index (Phi) is 3.78. The second-order valence-corrected chi connectivity index (χ2v) is 7.08. The Hall–Kier alpha value is -2.45. The summed E-state index contributed by atoms with van der Waals surface area (Å²) in [6.45, 7) is 2.21. The molecule has 0 saturated heterocycles. The summed E-state index contributed by atoms with van der Waals surface area (Å²) in [6, 6.07) is 9.94. The molecule has 0 aliphatic carbocycles. The Morgan fingerprint density at radius 3 is 2.57 bits per heavy atom. The number of aryl methyl sites for hydroxylation is 1. The second kappa shape index (κ2) is 5.64. The van der Waals surface area contributed by atoms with Crippen molar-refractivity contribution in [2.24, 2.45) is 5.73 Å². The number of aromatic nitrogens is 3. The third kappa shape index (κ3) is 2.55. The number of nitrogens with two attached hydrogens (primary N) is 2. The molecular weight excluding hydrogens is 314 g/mol. The van der Waals surface area contributed by atoms with Crippen LogP contribution in [0.2, 0.25) is 0 Å². The monoisotopic (exact) mass is 331 g/mol. The fourth-order valence-corrected chi connectivity index (χ4v) is 3.95. The average molecular weight is 331 g/mol. The van der Waals surface area contributed by atoms with Crippen LogP contribution >= 0.6 is 0 Å². The third-order valence-electron chi connectivity index (χ3n) is 3.50. The van der Waals surface area contributed by atoms with Gasteiger partial charge < -0.3 is 11.5 Å². The van der Waals surface area contributed by atoms with Crippen molar-refractivity contribution in [3.63, 3.8) is 0 Å². The highest BCUT2D eigenvalue weighted by Gasteiger charge is 2.28. The van der Waals surface area contributed by atoms with Crippen molar-refractivity contribution in [2.75, 3.05) is 12.3 Å². The molecule has 0 aliphatic heterocycles. The highest BCUT2D eigenvalue weighted by molar-refractivity contribution is 7.91. The van der Waals surface area contributed by atoms with E-state index in [0.29, 0.717) is 18.7 Å². The van der Waals surface area contributed by atoms with Gasteiger partial charge in [0, 0.05) is 17.8 Å². The highest BCUT2D eigenvalue weighted by atomic mass is 32.2. The van der Waals surface area contributed by atoms with Gasteiger partial charge in [-0.2, -0.15) is 0 Å². The van der Waals surface area contributed by atoms with Crippen molar-refractivity contribution >= 4 is 21.3 Å². The van der Waals surface area contributed by atoms with Crippen LogP contribution in [0.4, 0.5) is 5.82 Å². The number of hydrogen-bond acceptors (Lipinski definition) is 6. The Morgan fingerprint density at radius 1 is 1.22 bits per heavy atom. The molecule has 0 atom stereocenters. The van der Waals surface area contributed by atoms with E-state index in [1.165, 1.54) is 16.6 Å². The predicted molar refractivity (Wildman–Crippen MR) is 86.8 cm³/mol. The Balaban J connectivity index is 2.33. The van der Waals surface area contributed by atoms with Crippen LogP contribution in [-0.2, 0) is 16.3 Å². The zero-order valence-corrected chi connectivity index (χ0v) is 13.4. The molecule has 0 unspecified atom stereocenters. The smallest absolute Gasteiger partial charge is 0.214 e. The minimum absolute atomic E-state index is 0.0642. The average Bonchev–Trinajstić information content (AvgIpc) is 2.85. The van der Waals surface area contributed by atoms with Gasteiger partial charge in [0.15, 0.2) is 16.4 Å². The number of rotatable bonds is 4. The van der Waals surface area contributed by atoms with Crippen LogP contribution in [0.1, 0.15) is 11.4 Å². The first-order chi connectivity index (χ1) is 10.9. The van der Waals surface area contributed by atoms with Crippen molar-refractivity contribution in [3.8, 4) is 0 Å². The van der Waals surface area contributed by atoms with E-state index in [-0.39, 0.29) is 21.3 Å². The normalized spacial score (nSPS) is 11.9. The maximum atomic E-state index is 12.9. The molecule has 1 aromatic carbocycles. The van der Waals surface area contributed by atoms with E-state index in [4.69, 9.17) is 11.5 Å². The summed E-state index contributed by atoms with van der Waals surface area (Å²) in [5.74, 6) is -0.0646. The Labute approximate surface area is 133 Å². The molecule has 0 spiro atoms. The molecule has 2 heterocycles. The zero-order valence-electron chi connectivity index (χ0n) is 12.6. The lowest BCUT2D eigenvalue weighted by Gasteiger charge is -2.06. The summed E-state index contributed by atoms with van der Waals surface area (Å²) in [4.78, 5) is 4.43. The summed E-state index contributed by atoms with van der Waals surface area (Å²) >= 11 is 0. The number of nitrogens with zero attached hydrogens (tertiary/aromatic N) is 3. The van der Waals surface area contributed by atoms with Crippen LogP contribution in [0.3, 0.4) is 0 Å². The van der Waals surface area contributed by atoms with E-state index in [2.05, 4.69) is 10.1 Å². The first-order valence-electron chi connectivity index (χ1n) is 7.10. The van der Waals surface area contributed by atoms with Gasteiger partial charge in [-0.3, -0.25) is 0 Å². The standard InChI is InChI=1S/C15H17N5O2S/c1-10-9-11(7-8-16)20-15(18-10)13(14(17)19-20)23(21,22)12-5-3-2-4-6-12/h2-6,9H,7-8,16H2,1H3,(H2,17,19). The number of anilines is 1. The molecule has 0 aliphatic rings. The van der Waals surface area contributed by atoms with E-state index in [0.717, 1.165) is 5.69 Å². The van der Waals surface area contributed by atoms with Crippen LogP contribution in [0, 0.1) is 6.92 Å². The highest BCUT2D eigenvalue weighted by Crippen LogP contribution is 2.29. The molecule has 0 fully saturated rings. The van der Waals surface area contributed by atoms with Crippen molar-refractivity contribution in [3.05, 3.63) is 47.8 Å². The number of hydrogen-bond donors (Lipinski definition) is 2. The van der Waals surface area contributed by atoms with Crippen molar-refractivity contribution in [2.45, 2.75) is 23.1 Å². The number of benzene rings is 1. The largest absolute Gasteiger partial charge is 0.381 e. The van der Waals surface area contributed by atoms with Crippen molar-refractivity contribution < 1.29 is 8.42 Å². The molecule has 0 bridgehead atoms. The molecule has 7 nitrogen and oxygen atoms in total. The summed E-state index contributed by atoms with van der Waals surface area (Å²) in [5.41, 5.74) is 13.2. The van der Waals surface area contributed by atoms with E-state index in [1.807, 2.05) is 6.07 Å². The van der Waals surface area contributed by atoms with Crippen LogP contribution in [0.15, 0.2) is 46.2 Å². The van der Waals surface area contributed by atoms with Gasteiger partial charge in [-0.25, -0.2) is 17.9 Å². The lowest BCUT2D eigenvalue weighted by molar-refractivity contribution is 0.597. The molecule has 0 saturated carbocycles. The minimum atomic E-state index is -3.80. The minimum Gasteiger partial charge on any atom is -0.381 e. The molecular formula is C15H17N5O2S. The van der Waals surface area contributed by atoms with Crippen molar-refractivity contribution in [1.29, 1.82) is 0 Å². The lowest BCUT2D eigenvalue weighted by Crippen LogP contribution is -2.10. The molecule has 3 rings (SSSR count). The first-order valence-corrected chi connectivity index (χ1v) is 8.58. The van der Waals surface area contributed by atoms with Gasteiger partial charge in [0.2, 0.25) is 9.84 Å². The zero-order chi connectivity index (χ0) is 16.6. The molecule has 8 heteroatoms. The predicted octanol–water partition coefficient (Wildman–Crippen LogP) is 0.954. The summed E-state index contributed by atoms with van der Waals surface area (Å²) in [7, 11) is -3.80. The van der Waals surface area contributed by atoms with Gasteiger partial charge in [0.05, 0.1) is 4.90 Å². The second-order valence-electron chi connectivity index (χ2n) is 5.19. The summed E-state index contributed by atoms with van der Waals surface area (Å²) < 4.78 is 27.3. The number of nitrogen functional groups attached to an aromatic ring is 1. The third-order valence-corrected chi connectivity index (χ3v) is 5.32. The van der Waals surface area contributed by atoms with E-state index in [9.17, 15) is 8.42 Å². The molecule has 0 amide bonds. The molecule has 0 radical (unpaired) electrons. The molecule has 2 aromatic heterocycles. The fourth-order valence-electron chi connectivity index (χ4n) is 2.51. The topological polar surface area (TPSA) is 116 Å².